The van der Waals surface area contributed by atoms with E-state index < -0.39 is 0 Å². The van der Waals surface area contributed by atoms with Gasteiger partial charge in [-0.15, -0.1) is 0 Å². The number of aromatic nitrogens is 4. The maximum absolute atomic E-state index is 6.12. The van der Waals surface area contributed by atoms with Gasteiger partial charge in [-0.1, -0.05) is 6.07 Å². The molecule has 0 radical (unpaired) electrons. The number of nitrogens with two attached hydrogens (primary N) is 1. The molecule has 5 heterocycles. The van der Waals surface area contributed by atoms with Crippen molar-refractivity contribution in [2.45, 2.75) is 31.9 Å². The zero-order valence-corrected chi connectivity index (χ0v) is 16.8. The molecular weight excluding hydrogens is 380 g/mol. The zero-order valence-electron chi connectivity index (χ0n) is 16.8. The van der Waals surface area contributed by atoms with Crippen LogP contribution in [0, 0.1) is 0 Å². The smallest absolute Gasteiger partial charge is 0.205 e. The number of anilines is 1. The molecule has 1 aliphatic heterocycles. The van der Waals surface area contributed by atoms with Crippen molar-refractivity contribution in [3.63, 3.8) is 0 Å². The Hall–Kier alpha value is -3.39. The average molecular weight is 404 g/mol. The molecule has 8 nitrogen and oxygen atoms in total. The van der Waals surface area contributed by atoms with Gasteiger partial charge in [-0.05, 0) is 45.0 Å². The molecule has 0 bridgehead atoms. The van der Waals surface area contributed by atoms with Gasteiger partial charge in [0.2, 0.25) is 5.75 Å². The Labute approximate surface area is 174 Å². The maximum atomic E-state index is 6.12. The number of ether oxygens (including phenoxy) is 1. The van der Waals surface area contributed by atoms with Gasteiger partial charge in [0.15, 0.2) is 11.4 Å². The van der Waals surface area contributed by atoms with E-state index in [0.29, 0.717) is 17.4 Å². The summed E-state index contributed by atoms with van der Waals surface area (Å²) in [6, 6.07) is 6.13. The highest BCUT2D eigenvalue weighted by molar-refractivity contribution is 5.97. The van der Waals surface area contributed by atoms with Crippen LogP contribution in [0.1, 0.15) is 37.6 Å². The zero-order chi connectivity index (χ0) is 20.5. The summed E-state index contributed by atoms with van der Waals surface area (Å²) in [6.07, 6.45) is 11.0. The molecule has 154 valence electrons. The molecule has 0 saturated carbocycles. The molecule has 30 heavy (non-hydrogen) atoms. The van der Waals surface area contributed by atoms with Crippen LogP contribution in [0.3, 0.4) is 0 Å². The first-order valence-electron chi connectivity index (χ1n) is 10.2. The third-order valence-corrected chi connectivity index (χ3v) is 5.60. The van der Waals surface area contributed by atoms with Gasteiger partial charge < -0.3 is 20.2 Å². The number of hydrogen-bond acceptors (Lipinski definition) is 7. The van der Waals surface area contributed by atoms with E-state index in [0.717, 1.165) is 48.1 Å². The second-order valence-corrected chi connectivity index (χ2v) is 7.57. The fourth-order valence-electron chi connectivity index (χ4n) is 3.92. The molecule has 0 aromatic carbocycles. The molecule has 0 aliphatic carbocycles. The summed E-state index contributed by atoms with van der Waals surface area (Å²) >= 11 is 0. The van der Waals surface area contributed by atoms with Gasteiger partial charge in [0.1, 0.15) is 12.4 Å². The summed E-state index contributed by atoms with van der Waals surface area (Å²) in [4.78, 5) is 8.70. The minimum atomic E-state index is -0.294. The van der Waals surface area contributed by atoms with Crippen LogP contribution in [0.2, 0.25) is 0 Å². The Balaban J connectivity index is 1.47. The van der Waals surface area contributed by atoms with E-state index in [1.807, 2.05) is 31.3 Å². The molecule has 5 rings (SSSR count). The van der Waals surface area contributed by atoms with Gasteiger partial charge in [0.05, 0.1) is 23.3 Å². The molecule has 4 aromatic rings. The van der Waals surface area contributed by atoms with Gasteiger partial charge in [-0.3, -0.25) is 9.67 Å². The van der Waals surface area contributed by atoms with Gasteiger partial charge in [-0.25, -0.2) is 4.98 Å². The number of rotatable bonds is 5. The lowest BCUT2D eigenvalue weighted by Gasteiger charge is -2.22. The summed E-state index contributed by atoms with van der Waals surface area (Å²) in [5.41, 5.74) is 9.42. The first-order valence-corrected chi connectivity index (χ1v) is 10.2. The lowest BCUT2D eigenvalue weighted by atomic mass is 10.1. The summed E-state index contributed by atoms with van der Waals surface area (Å²) in [5.74, 6) is 0.722. The largest absolute Gasteiger partial charge is 0.477 e. The minimum Gasteiger partial charge on any atom is -0.477 e. The molecule has 0 spiro atoms. The number of furan rings is 1. The Morgan fingerprint density at radius 3 is 2.90 bits per heavy atom. The molecule has 1 fully saturated rings. The summed E-state index contributed by atoms with van der Waals surface area (Å²) < 4.78 is 14.1. The molecule has 0 amide bonds. The lowest BCUT2D eigenvalue weighted by molar-refractivity contribution is 0.223. The number of nitrogen functional groups attached to an aromatic ring is 1. The second-order valence-electron chi connectivity index (χ2n) is 7.57. The number of nitrogens with one attached hydrogen (secondary N) is 1. The average Bonchev–Trinajstić information content (AvgIpc) is 3.44. The molecular formula is C22H24N6O2. The highest BCUT2D eigenvalue weighted by Gasteiger charge is 2.21. The maximum Gasteiger partial charge on any atom is 0.205 e. The van der Waals surface area contributed by atoms with Gasteiger partial charge in [0, 0.05) is 29.7 Å². The van der Waals surface area contributed by atoms with E-state index in [4.69, 9.17) is 14.9 Å². The summed E-state index contributed by atoms with van der Waals surface area (Å²) in [7, 11) is 0. The lowest BCUT2D eigenvalue weighted by Crippen LogP contribution is -2.29. The van der Waals surface area contributed by atoms with E-state index in [-0.39, 0.29) is 11.9 Å². The van der Waals surface area contributed by atoms with Gasteiger partial charge >= 0.3 is 0 Å². The van der Waals surface area contributed by atoms with Crippen molar-refractivity contribution < 1.29 is 9.15 Å². The van der Waals surface area contributed by atoms with E-state index in [1.165, 1.54) is 0 Å². The fraction of sp³-hybridized carbons (Fsp3) is 0.318. The molecule has 0 unspecified atom stereocenters. The van der Waals surface area contributed by atoms with Crippen molar-refractivity contribution >= 4 is 16.8 Å². The van der Waals surface area contributed by atoms with E-state index in [1.54, 1.807) is 18.7 Å². The van der Waals surface area contributed by atoms with E-state index in [9.17, 15) is 0 Å². The number of fused-ring (bicyclic) bond motifs is 1. The third kappa shape index (κ3) is 3.39. The van der Waals surface area contributed by atoms with Crippen molar-refractivity contribution in [1.82, 2.24) is 25.1 Å². The first-order chi connectivity index (χ1) is 14.7. The summed E-state index contributed by atoms with van der Waals surface area (Å²) in [5, 5.41) is 8.83. The summed E-state index contributed by atoms with van der Waals surface area (Å²) in [6.45, 7) is 3.97. The molecule has 4 aromatic heterocycles. The molecule has 8 heteroatoms. The highest BCUT2D eigenvalue weighted by Crippen LogP contribution is 2.39. The molecule has 1 atom stereocenters. The minimum absolute atomic E-state index is 0.289. The quantitative estimate of drug-likeness (QED) is 0.522. The van der Waals surface area contributed by atoms with Crippen molar-refractivity contribution in [3.8, 4) is 16.9 Å². The molecule has 3 N–H and O–H groups in total. The molecule has 1 aliphatic rings. The Bertz CT molecular complexity index is 1150. The Morgan fingerprint density at radius 1 is 1.23 bits per heavy atom. The van der Waals surface area contributed by atoms with Crippen LogP contribution in [-0.2, 0) is 0 Å². The van der Waals surface area contributed by atoms with Crippen LogP contribution in [0.4, 0.5) is 5.82 Å². The van der Waals surface area contributed by atoms with Crippen LogP contribution in [0.5, 0.6) is 5.75 Å². The SMILES string of the molecule is C[C@H](Oc1c(N)ncc2c(-c3cnn(C4CCNCC4)c3)coc12)c1ccccn1. The van der Waals surface area contributed by atoms with E-state index in [2.05, 4.69) is 31.3 Å². The third-order valence-electron chi connectivity index (χ3n) is 5.60. The Kier molecular flexibility index (Phi) is 4.84. The standard InChI is InChI=1S/C22H24N6O2/c1-14(19-4-2-3-7-25-19)30-21-20-17(11-26-22(21)23)18(13-29-20)15-10-27-28(12-15)16-5-8-24-9-6-16/h2-4,7,10-14,16,24H,5-6,8-9H2,1H3,(H2,23,26)/t14-/m0/s1. The van der Waals surface area contributed by atoms with Gasteiger partial charge in [0.25, 0.3) is 0 Å². The monoisotopic (exact) mass is 404 g/mol. The van der Waals surface area contributed by atoms with Crippen LogP contribution in [0.25, 0.3) is 22.1 Å². The predicted octanol–water partition coefficient (Wildman–Crippen LogP) is 3.73. The first kappa shape index (κ1) is 18.6. The van der Waals surface area contributed by atoms with Crippen molar-refractivity contribution in [1.29, 1.82) is 0 Å². The fourth-order valence-corrected chi connectivity index (χ4v) is 3.92. The van der Waals surface area contributed by atoms with Crippen molar-refractivity contribution in [3.05, 3.63) is 54.9 Å². The topological polar surface area (TPSA) is 104 Å². The number of piperidine rings is 1. The number of pyridine rings is 2. The van der Waals surface area contributed by atoms with Crippen molar-refractivity contribution in [2.24, 2.45) is 0 Å². The Morgan fingerprint density at radius 2 is 2.10 bits per heavy atom. The van der Waals surface area contributed by atoms with Crippen LogP contribution in [-0.4, -0.2) is 32.8 Å². The van der Waals surface area contributed by atoms with Gasteiger partial charge in [-0.2, -0.15) is 5.10 Å². The molecule has 1 saturated heterocycles. The van der Waals surface area contributed by atoms with Crippen LogP contribution < -0.4 is 15.8 Å². The van der Waals surface area contributed by atoms with Crippen molar-refractivity contribution in [2.75, 3.05) is 18.8 Å². The van der Waals surface area contributed by atoms with Crippen LogP contribution in [0.15, 0.2) is 53.7 Å². The van der Waals surface area contributed by atoms with E-state index >= 15 is 0 Å². The second kappa shape index (κ2) is 7.79. The number of nitrogens with zero attached hydrogens (tertiary/aromatic N) is 4. The van der Waals surface area contributed by atoms with Crippen LogP contribution >= 0.6 is 0 Å². The number of hydrogen-bond donors (Lipinski definition) is 2. The normalized spacial score (nSPS) is 16.0. The predicted molar refractivity (Wildman–Crippen MR) is 114 cm³/mol. The highest BCUT2D eigenvalue weighted by atomic mass is 16.5.